The maximum Gasteiger partial charge on any atom is 0.287 e. The molecule has 0 bridgehead atoms. The van der Waals surface area contributed by atoms with Crippen LogP contribution in [0.2, 0.25) is 0 Å². The fraction of sp³-hybridized carbons (Fsp3) is 0.643. The monoisotopic (exact) mass is 330 g/mol. The maximum absolute atomic E-state index is 12.3. The molecule has 2 N–H and O–H groups in total. The molecule has 124 valence electrons. The predicted octanol–water partition coefficient (Wildman–Crippen LogP) is 1.26. The molecule has 0 spiro atoms. The Hall–Kier alpha value is -1.38. The summed E-state index contributed by atoms with van der Waals surface area (Å²) in [5.41, 5.74) is -0.836. The molecule has 0 aromatic carbocycles. The Labute approximate surface area is 130 Å². The number of hydrogen-bond acceptors (Lipinski definition) is 5. The van der Waals surface area contributed by atoms with E-state index >= 15 is 0 Å². The lowest BCUT2D eigenvalue weighted by Crippen LogP contribution is -2.46. The standard InChI is InChI=1S/C14H22N2O5S/c1-13(2)8-10(14(3,4)21-13)16-12(17)9-6-7-11(20-9)22(18,19)15-5/h6-7,10,15H,8H2,1-5H3,(H,16,17). The van der Waals surface area contributed by atoms with Crippen LogP contribution in [0, 0.1) is 0 Å². The van der Waals surface area contributed by atoms with E-state index in [0.717, 1.165) is 0 Å². The molecule has 0 saturated carbocycles. The van der Waals surface area contributed by atoms with Crippen molar-refractivity contribution in [3.8, 4) is 0 Å². The number of carbonyl (C=O) groups excluding carboxylic acids is 1. The van der Waals surface area contributed by atoms with Gasteiger partial charge in [0, 0.05) is 0 Å². The molecule has 7 nitrogen and oxygen atoms in total. The van der Waals surface area contributed by atoms with Gasteiger partial charge in [-0.2, -0.15) is 0 Å². The van der Waals surface area contributed by atoms with E-state index in [4.69, 9.17) is 9.15 Å². The van der Waals surface area contributed by atoms with Crippen molar-refractivity contribution in [2.45, 2.75) is 56.5 Å². The molecular formula is C14H22N2O5S. The second kappa shape index (κ2) is 5.36. The molecule has 1 amide bonds. The lowest BCUT2D eigenvalue weighted by molar-refractivity contribution is -0.0693. The minimum atomic E-state index is -3.70. The van der Waals surface area contributed by atoms with E-state index in [1.54, 1.807) is 0 Å². The summed E-state index contributed by atoms with van der Waals surface area (Å²) in [4.78, 5) is 12.3. The Morgan fingerprint density at radius 1 is 1.27 bits per heavy atom. The Bertz CT molecular complexity index is 675. The molecule has 8 heteroatoms. The van der Waals surface area contributed by atoms with Gasteiger partial charge in [-0.05, 0) is 53.3 Å². The van der Waals surface area contributed by atoms with Crippen molar-refractivity contribution in [2.24, 2.45) is 0 Å². The van der Waals surface area contributed by atoms with Crippen molar-refractivity contribution in [1.29, 1.82) is 0 Å². The van der Waals surface area contributed by atoms with Crippen LogP contribution in [-0.2, 0) is 14.8 Å². The van der Waals surface area contributed by atoms with Gasteiger partial charge in [0.2, 0.25) is 5.09 Å². The molecule has 0 radical (unpaired) electrons. The zero-order valence-electron chi connectivity index (χ0n) is 13.4. The fourth-order valence-corrected chi connectivity index (χ4v) is 3.35. The first kappa shape index (κ1) is 17.0. The Kier molecular flexibility index (Phi) is 4.14. The van der Waals surface area contributed by atoms with Crippen LogP contribution in [-0.4, -0.2) is 38.6 Å². The van der Waals surface area contributed by atoms with Gasteiger partial charge in [0.25, 0.3) is 15.9 Å². The first-order chi connectivity index (χ1) is 9.97. The van der Waals surface area contributed by atoms with Gasteiger partial charge in [-0.3, -0.25) is 4.79 Å². The van der Waals surface area contributed by atoms with Gasteiger partial charge in [0.1, 0.15) is 0 Å². The molecule has 1 saturated heterocycles. The molecule has 2 heterocycles. The van der Waals surface area contributed by atoms with Gasteiger partial charge >= 0.3 is 0 Å². The lowest BCUT2D eigenvalue weighted by atomic mass is 9.94. The van der Waals surface area contributed by atoms with Crippen LogP contribution in [0.1, 0.15) is 44.7 Å². The largest absolute Gasteiger partial charge is 0.438 e. The highest BCUT2D eigenvalue weighted by molar-refractivity contribution is 7.89. The van der Waals surface area contributed by atoms with E-state index < -0.39 is 21.5 Å². The molecule has 0 aliphatic carbocycles. The zero-order chi connectivity index (χ0) is 16.8. The van der Waals surface area contributed by atoms with E-state index in [0.29, 0.717) is 6.42 Å². The number of amides is 1. The molecule has 1 aromatic rings. The van der Waals surface area contributed by atoms with E-state index in [2.05, 4.69) is 10.0 Å². The Balaban J connectivity index is 2.14. The van der Waals surface area contributed by atoms with Gasteiger partial charge in [0.15, 0.2) is 5.76 Å². The quantitative estimate of drug-likeness (QED) is 0.866. The molecular weight excluding hydrogens is 308 g/mol. The summed E-state index contributed by atoms with van der Waals surface area (Å²) in [6.45, 7) is 7.74. The highest BCUT2D eigenvalue weighted by Crippen LogP contribution is 2.37. The highest BCUT2D eigenvalue weighted by atomic mass is 32.2. The van der Waals surface area contributed by atoms with Crippen molar-refractivity contribution in [2.75, 3.05) is 7.05 Å². The van der Waals surface area contributed by atoms with Crippen molar-refractivity contribution < 1.29 is 22.4 Å². The van der Waals surface area contributed by atoms with Crippen LogP contribution in [0.25, 0.3) is 0 Å². The third-order valence-electron chi connectivity index (χ3n) is 3.72. The fourth-order valence-electron chi connectivity index (χ4n) is 2.70. The smallest absolute Gasteiger partial charge is 0.287 e. The van der Waals surface area contributed by atoms with Crippen molar-refractivity contribution in [3.63, 3.8) is 0 Å². The average molecular weight is 330 g/mol. The number of furan rings is 1. The minimum Gasteiger partial charge on any atom is -0.438 e. The van der Waals surface area contributed by atoms with Crippen LogP contribution in [0.5, 0.6) is 0 Å². The van der Waals surface area contributed by atoms with E-state index in [9.17, 15) is 13.2 Å². The summed E-state index contributed by atoms with van der Waals surface area (Å²) in [5, 5.41) is 2.56. The number of sulfonamides is 1. The van der Waals surface area contributed by atoms with Crippen LogP contribution >= 0.6 is 0 Å². The second-order valence-corrected chi connectivity index (χ2v) is 8.34. The van der Waals surface area contributed by atoms with Crippen molar-refractivity contribution in [1.82, 2.24) is 10.0 Å². The summed E-state index contributed by atoms with van der Waals surface area (Å²) < 4.78 is 36.4. The van der Waals surface area contributed by atoms with Gasteiger partial charge in [-0.1, -0.05) is 0 Å². The minimum absolute atomic E-state index is 0.0469. The van der Waals surface area contributed by atoms with Crippen molar-refractivity contribution >= 4 is 15.9 Å². The SMILES string of the molecule is CNS(=O)(=O)c1ccc(C(=O)NC2CC(C)(C)OC2(C)C)o1. The first-order valence-electron chi connectivity index (χ1n) is 7.01. The summed E-state index contributed by atoms with van der Waals surface area (Å²) in [7, 11) is -2.43. The van der Waals surface area contributed by atoms with Crippen LogP contribution < -0.4 is 10.0 Å². The normalized spacial score (nSPS) is 23.4. The Morgan fingerprint density at radius 3 is 2.41 bits per heavy atom. The molecule has 1 atom stereocenters. The van der Waals surface area contributed by atoms with E-state index in [1.807, 2.05) is 27.7 Å². The van der Waals surface area contributed by atoms with Crippen LogP contribution in [0.15, 0.2) is 21.6 Å². The summed E-state index contributed by atoms with van der Waals surface area (Å²) in [5.74, 6) is -0.508. The molecule has 1 fully saturated rings. The number of hydrogen-bond donors (Lipinski definition) is 2. The summed E-state index contributed by atoms with van der Waals surface area (Å²) in [6.07, 6.45) is 0.661. The maximum atomic E-state index is 12.3. The molecule has 1 aliphatic rings. The first-order valence-corrected chi connectivity index (χ1v) is 8.50. The van der Waals surface area contributed by atoms with Crippen LogP contribution in [0.4, 0.5) is 0 Å². The van der Waals surface area contributed by atoms with Gasteiger partial charge in [-0.25, -0.2) is 13.1 Å². The molecule has 1 unspecified atom stereocenters. The van der Waals surface area contributed by atoms with Gasteiger partial charge in [0.05, 0.1) is 17.2 Å². The molecule has 2 rings (SSSR count). The third kappa shape index (κ3) is 3.34. The van der Waals surface area contributed by atoms with E-state index in [-0.39, 0.29) is 22.5 Å². The highest BCUT2D eigenvalue weighted by Gasteiger charge is 2.46. The number of carbonyl (C=O) groups is 1. The summed E-state index contributed by atoms with van der Waals surface area (Å²) >= 11 is 0. The number of ether oxygens (including phenoxy) is 1. The van der Waals surface area contributed by atoms with Crippen LogP contribution in [0.3, 0.4) is 0 Å². The van der Waals surface area contributed by atoms with E-state index in [1.165, 1.54) is 19.2 Å². The molecule has 22 heavy (non-hydrogen) atoms. The zero-order valence-corrected chi connectivity index (χ0v) is 14.2. The molecule has 1 aromatic heterocycles. The lowest BCUT2D eigenvalue weighted by Gasteiger charge is -2.27. The van der Waals surface area contributed by atoms with Gasteiger partial charge < -0.3 is 14.5 Å². The van der Waals surface area contributed by atoms with Crippen molar-refractivity contribution in [3.05, 3.63) is 17.9 Å². The molecule has 1 aliphatic heterocycles. The topological polar surface area (TPSA) is 97.6 Å². The summed E-state index contributed by atoms with van der Waals surface area (Å²) in [6, 6.07) is 2.40. The Morgan fingerprint density at radius 2 is 1.91 bits per heavy atom. The van der Waals surface area contributed by atoms with Gasteiger partial charge in [-0.15, -0.1) is 0 Å². The number of nitrogens with one attached hydrogen (secondary N) is 2. The predicted molar refractivity (Wildman–Crippen MR) is 80.1 cm³/mol. The second-order valence-electron chi connectivity index (χ2n) is 6.52. The average Bonchev–Trinajstić information content (AvgIpc) is 2.92. The number of rotatable bonds is 4. The third-order valence-corrected chi connectivity index (χ3v) is 5.00.